The van der Waals surface area contributed by atoms with E-state index in [0.717, 1.165) is 16.0 Å². The molecule has 3 rings (SSSR count). The van der Waals surface area contributed by atoms with E-state index in [1.165, 1.54) is 32.1 Å². The number of nitriles is 1. The molecule has 1 amide bonds. The average molecular weight is 455 g/mol. The minimum Gasteiger partial charge on any atom is -0.462 e. The molecule has 1 aromatic heterocycles. The van der Waals surface area contributed by atoms with Gasteiger partial charge in [0.1, 0.15) is 5.00 Å². The molecule has 1 aliphatic carbocycles. The lowest BCUT2D eigenvalue weighted by atomic mass is 9.70. The highest BCUT2D eigenvalue weighted by atomic mass is 32.1. The molecule has 0 unspecified atom stereocenters. The Bertz CT molecular complexity index is 1080. The van der Waals surface area contributed by atoms with Crippen LogP contribution in [0.3, 0.4) is 0 Å². The van der Waals surface area contributed by atoms with Crippen LogP contribution in [0.5, 0.6) is 0 Å². The third kappa shape index (κ3) is 4.53. The minimum atomic E-state index is -1.41. The normalized spacial score (nSPS) is 17.6. The maximum Gasteiger partial charge on any atom is 0.341 e. The van der Waals surface area contributed by atoms with Gasteiger partial charge in [-0.1, -0.05) is 30.3 Å². The molecule has 0 bridgehead atoms. The number of benzene rings is 1. The largest absolute Gasteiger partial charge is 0.462 e. The highest BCUT2D eigenvalue weighted by Gasteiger charge is 2.41. The van der Waals surface area contributed by atoms with Crippen molar-refractivity contribution in [1.29, 1.82) is 5.26 Å². The van der Waals surface area contributed by atoms with Crippen LogP contribution in [0.2, 0.25) is 0 Å². The summed E-state index contributed by atoms with van der Waals surface area (Å²) < 4.78 is 10.4. The number of ether oxygens (including phenoxy) is 2. The molecule has 0 fully saturated rings. The van der Waals surface area contributed by atoms with Gasteiger partial charge in [-0.3, -0.25) is 9.59 Å². The van der Waals surface area contributed by atoms with Crippen LogP contribution in [0, 0.1) is 11.3 Å². The van der Waals surface area contributed by atoms with E-state index >= 15 is 0 Å². The van der Waals surface area contributed by atoms with Gasteiger partial charge in [-0.2, -0.15) is 5.26 Å². The van der Waals surface area contributed by atoms with Crippen LogP contribution in [-0.2, 0) is 37.3 Å². The van der Waals surface area contributed by atoms with Crippen LogP contribution in [-0.4, -0.2) is 30.1 Å². The first-order chi connectivity index (χ1) is 15.1. The molecule has 2 aromatic rings. The monoisotopic (exact) mass is 454 g/mol. The Labute approximate surface area is 191 Å². The summed E-state index contributed by atoms with van der Waals surface area (Å²) in [5.74, 6) is -1.65. The molecule has 0 saturated carbocycles. The molecule has 0 aliphatic heterocycles. The van der Waals surface area contributed by atoms with E-state index in [4.69, 9.17) is 9.47 Å². The molecule has 32 heavy (non-hydrogen) atoms. The van der Waals surface area contributed by atoms with Crippen LogP contribution in [0.15, 0.2) is 30.3 Å². The second-order valence-corrected chi connectivity index (χ2v) is 9.33. The molecule has 1 aliphatic rings. The third-order valence-electron chi connectivity index (χ3n) is 5.55. The van der Waals surface area contributed by atoms with E-state index in [2.05, 4.69) is 11.4 Å². The second-order valence-electron chi connectivity index (χ2n) is 8.22. The molecule has 1 N–H and O–H groups in total. The van der Waals surface area contributed by atoms with Gasteiger partial charge in [-0.25, -0.2) is 4.79 Å². The van der Waals surface area contributed by atoms with E-state index in [1.807, 2.05) is 30.3 Å². The molecule has 8 heteroatoms. The average Bonchev–Trinajstić information content (AvgIpc) is 3.10. The molecule has 168 valence electrons. The topological polar surface area (TPSA) is 105 Å². The predicted molar refractivity (Wildman–Crippen MR) is 121 cm³/mol. The number of carbonyl (C=O) groups is 3. The highest BCUT2D eigenvalue weighted by molar-refractivity contribution is 7.17. The number of hydrogen-bond donors (Lipinski definition) is 1. The molecule has 0 radical (unpaired) electrons. The summed E-state index contributed by atoms with van der Waals surface area (Å²) in [5, 5.41) is 13.2. The van der Waals surface area contributed by atoms with E-state index in [9.17, 15) is 19.6 Å². The number of esters is 2. The van der Waals surface area contributed by atoms with Crippen LogP contribution in [0.1, 0.15) is 60.5 Å². The van der Waals surface area contributed by atoms with Gasteiger partial charge in [0.05, 0.1) is 23.7 Å². The van der Waals surface area contributed by atoms with Gasteiger partial charge < -0.3 is 14.8 Å². The zero-order chi connectivity index (χ0) is 23.5. The molecule has 1 aromatic carbocycles. The minimum absolute atomic E-state index is 0.196. The first-order valence-corrected chi connectivity index (χ1v) is 11.2. The number of nitrogens with zero attached hydrogens (tertiary/aromatic N) is 1. The second kappa shape index (κ2) is 9.13. The maximum atomic E-state index is 12.8. The van der Waals surface area contributed by atoms with Crippen LogP contribution >= 0.6 is 11.3 Å². The van der Waals surface area contributed by atoms with Crippen LogP contribution < -0.4 is 5.32 Å². The zero-order valence-electron chi connectivity index (χ0n) is 18.6. The van der Waals surface area contributed by atoms with Crippen molar-refractivity contribution >= 4 is 34.2 Å². The van der Waals surface area contributed by atoms with Crippen molar-refractivity contribution in [3.05, 3.63) is 51.9 Å². The standard InChI is InChI=1S/C24H26N2O5S/c1-5-30-21(28)19-17-11-12-24(14-25,16-9-7-6-8-10-16)13-18(17)32-20(19)26-22(29)23(3,4)31-15(2)27/h6-10H,5,11-13H2,1-4H3,(H,26,29)/t24-/m1/s1. The molecule has 7 nitrogen and oxygen atoms in total. The molecule has 0 saturated heterocycles. The van der Waals surface area contributed by atoms with Gasteiger partial charge in [0.2, 0.25) is 0 Å². The lowest BCUT2D eigenvalue weighted by Gasteiger charge is -2.31. The Hall–Kier alpha value is -3.18. The summed E-state index contributed by atoms with van der Waals surface area (Å²) in [6, 6.07) is 12.1. The molecule has 0 spiro atoms. The quantitative estimate of drug-likeness (QED) is 0.657. The Morgan fingerprint density at radius 2 is 1.94 bits per heavy atom. The summed E-state index contributed by atoms with van der Waals surface area (Å²) in [6.45, 7) is 6.11. The van der Waals surface area contributed by atoms with Gasteiger partial charge in [0.25, 0.3) is 5.91 Å². The van der Waals surface area contributed by atoms with Crippen molar-refractivity contribution in [1.82, 2.24) is 0 Å². The number of anilines is 1. The number of fused-ring (bicyclic) bond motifs is 1. The molecular formula is C24H26N2O5S. The predicted octanol–water partition coefficient (Wildman–Crippen LogP) is 4.16. The van der Waals surface area contributed by atoms with Crippen LogP contribution in [0.25, 0.3) is 0 Å². The fraction of sp³-hybridized carbons (Fsp3) is 0.417. The number of thiophene rings is 1. The fourth-order valence-corrected chi connectivity index (χ4v) is 5.30. The summed E-state index contributed by atoms with van der Waals surface area (Å²) >= 11 is 1.27. The third-order valence-corrected chi connectivity index (χ3v) is 6.69. The fourth-order valence-electron chi connectivity index (χ4n) is 3.95. The Kier molecular flexibility index (Phi) is 6.70. The first-order valence-electron chi connectivity index (χ1n) is 10.4. The number of carbonyl (C=O) groups excluding carboxylic acids is 3. The molecule has 1 atom stereocenters. The van der Waals surface area contributed by atoms with Gasteiger partial charge >= 0.3 is 11.9 Å². The summed E-state index contributed by atoms with van der Waals surface area (Å²) in [4.78, 5) is 37.9. The van der Waals surface area contributed by atoms with Gasteiger partial charge in [-0.05, 0) is 44.7 Å². The van der Waals surface area contributed by atoms with Gasteiger partial charge in [0, 0.05) is 18.2 Å². The number of nitrogens with one attached hydrogen (secondary N) is 1. The number of amides is 1. The van der Waals surface area contributed by atoms with Crippen molar-refractivity contribution in [2.24, 2.45) is 0 Å². The Morgan fingerprint density at radius 3 is 2.53 bits per heavy atom. The van der Waals surface area contributed by atoms with E-state index in [-0.39, 0.29) is 6.61 Å². The molecular weight excluding hydrogens is 428 g/mol. The maximum absolute atomic E-state index is 12.8. The van der Waals surface area contributed by atoms with Gasteiger partial charge in [0.15, 0.2) is 5.60 Å². The highest BCUT2D eigenvalue weighted by Crippen LogP contribution is 2.45. The number of rotatable bonds is 6. The smallest absolute Gasteiger partial charge is 0.341 e. The van der Waals surface area contributed by atoms with Crippen molar-refractivity contribution < 1.29 is 23.9 Å². The van der Waals surface area contributed by atoms with E-state index in [1.54, 1.807) is 6.92 Å². The first kappa shape index (κ1) is 23.5. The van der Waals surface area contributed by atoms with Crippen molar-refractivity contribution in [3.8, 4) is 6.07 Å². The van der Waals surface area contributed by atoms with Crippen molar-refractivity contribution in [2.45, 2.75) is 58.0 Å². The lowest BCUT2D eigenvalue weighted by molar-refractivity contribution is -0.160. The van der Waals surface area contributed by atoms with Crippen LogP contribution in [0.4, 0.5) is 5.00 Å². The van der Waals surface area contributed by atoms with Crippen molar-refractivity contribution in [2.75, 3.05) is 11.9 Å². The Balaban J connectivity index is 2.01. The zero-order valence-corrected chi connectivity index (χ0v) is 19.4. The van der Waals surface area contributed by atoms with Crippen molar-refractivity contribution in [3.63, 3.8) is 0 Å². The van der Waals surface area contributed by atoms with E-state index < -0.39 is 28.9 Å². The SMILES string of the molecule is CCOC(=O)c1c(NC(=O)C(C)(C)OC(C)=O)sc2c1CC[C@@](C#N)(c1ccccc1)C2. The van der Waals surface area contributed by atoms with Gasteiger partial charge in [-0.15, -0.1) is 11.3 Å². The van der Waals surface area contributed by atoms with E-state index in [0.29, 0.717) is 29.8 Å². The molecule has 1 heterocycles. The Morgan fingerprint density at radius 1 is 1.25 bits per heavy atom. The summed E-state index contributed by atoms with van der Waals surface area (Å²) in [6.07, 6.45) is 1.49. The summed E-state index contributed by atoms with van der Waals surface area (Å²) in [5.41, 5.74) is -0.0680. The summed E-state index contributed by atoms with van der Waals surface area (Å²) in [7, 11) is 0. The number of hydrogen-bond acceptors (Lipinski definition) is 7. The lowest BCUT2D eigenvalue weighted by Crippen LogP contribution is -2.41.